The number of carbonyl (C=O) groups is 1. The van der Waals surface area contributed by atoms with E-state index in [1.54, 1.807) is 6.07 Å². The Hall–Kier alpha value is -0.980. The fraction of sp³-hybridized carbons (Fsp3) is 0.562. The summed E-state index contributed by atoms with van der Waals surface area (Å²) in [6.45, 7) is 7.81. The Labute approximate surface area is 151 Å². The van der Waals surface area contributed by atoms with E-state index >= 15 is 0 Å². The van der Waals surface area contributed by atoms with Gasteiger partial charge in [-0.3, -0.25) is 0 Å². The van der Waals surface area contributed by atoms with E-state index < -0.39 is 0 Å². The third kappa shape index (κ3) is 5.86. The molecule has 1 heterocycles. The highest BCUT2D eigenvalue weighted by molar-refractivity contribution is 9.10. The molecule has 1 fully saturated rings. The zero-order valence-electron chi connectivity index (χ0n) is 13.4. The average molecular weight is 405 g/mol. The Bertz CT molecular complexity index is 522. The third-order valence-corrected chi connectivity index (χ3v) is 4.64. The summed E-state index contributed by atoms with van der Waals surface area (Å²) in [6.07, 6.45) is 0.743. The van der Waals surface area contributed by atoms with Gasteiger partial charge in [-0.1, -0.05) is 34.5 Å². The van der Waals surface area contributed by atoms with Crippen LogP contribution in [0.3, 0.4) is 0 Å². The molecule has 1 aliphatic rings. The van der Waals surface area contributed by atoms with Crippen molar-refractivity contribution in [2.75, 3.05) is 45.9 Å². The minimum atomic E-state index is 0.0161. The van der Waals surface area contributed by atoms with Crippen molar-refractivity contribution in [2.24, 2.45) is 0 Å². The zero-order chi connectivity index (χ0) is 16.7. The summed E-state index contributed by atoms with van der Waals surface area (Å²) in [5.41, 5.74) is 0. The Morgan fingerprint density at radius 2 is 2.09 bits per heavy atom. The summed E-state index contributed by atoms with van der Waals surface area (Å²) in [5.74, 6) is 0.664. The SMILES string of the molecule is CCN1CCN(C(=O)NCCCOc2ccc(Br)cc2Cl)CC1. The Balaban J connectivity index is 1.61. The molecule has 1 aliphatic heterocycles. The lowest BCUT2D eigenvalue weighted by atomic mass is 10.3. The third-order valence-electron chi connectivity index (χ3n) is 3.86. The van der Waals surface area contributed by atoms with Gasteiger partial charge in [0, 0.05) is 37.2 Å². The molecule has 23 heavy (non-hydrogen) atoms. The quantitative estimate of drug-likeness (QED) is 0.741. The maximum absolute atomic E-state index is 12.0. The van der Waals surface area contributed by atoms with Crippen molar-refractivity contribution >= 4 is 33.6 Å². The van der Waals surface area contributed by atoms with Crippen molar-refractivity contribution in [2.45, 2.75) is 13.3 Å². The average Bonchev–Trinajstić information content (AvgIpc) is 2.56. The van der Waals surface area contributed by atoms with Crippen LogP contribution in [0.15, 0.2) is 22.7 Å². The topological polar surface area (TPSA) is 44.8 Å². The smallest absolute Gasteiger partial charge is 0.317 e. The van der Waals surface area contributed by atoms with Gasteiger partial charge in [0.2, 0.25) is 0 Å². The fourth-order valence-corrected chi connectivity index (χ4v) is 3.15. The normalized spacial score (nSPS) is 15.5. The maximum Gasteiger partial charge on any atom is 0.317 e. The molecule has 0 radical (unpaired) electrons. The van der Waals surface area contributed by atoms with Crippen molar-refractivity contribution in [3.05, 3.63) is 27.7 Å². The highest BCUT2D eigenvalue weighted by Gasteiger charge is 2.19. The highest BCUT2D eigenvalue weighted by atomic mass is 79.9. The van der Waals surface area contributed by atoms with E-state index in [1.165, 1.54) is 0 Å². The molecule has 0 saturated carbocycles. The van der Waals surface area contributed by atoms with Crippen molar-refractivity contribution < 1.29 is 9.53 Å². The van der Waals surface area contributed by atoms with Crippen LogP contribution in [0.1, 0.15) is 13.3 Å². The van der Waals surface area contributed by atoms with Gasteiger partial charge in [0.15, 0.2) is 0 Å². The molecule has 128 valence electrons. The number of carbonyl (C=O) groups excluding carboxylic acids is 1. The second-order valence-electron chi connectivity index (χ2n) is 5.43. The summed E-state index contributed by atoms with van der Waals surface area (Å²) < 4.78 is 6.54. The van der Waals surface area contributed by atoms with E-state index in [-0.39, 0.29) is 6.03 Å². The number of nitrogens with one attached hydrogen (secondary N) is 1. The van der Waals surface area contributed by atoms with Gasteiger partial charge < -0.3 is 19.9 Å². The van der Waals surface area contributed by atoms with E-state index in [0.717, 1.165) is 43.6 Å². The summed E-state index contributed by atoms with van der Waals surface area (Å²) in [4.78, 5) is 16.3. The number of piperazine rings is 1. The molecule has 1 saturated heterocycles. The standard InChI is InChI=1S/C16H23BrClN3O2/c1-2-20-7-9-21(10-8-20)16(22)19-6-3-11-23-15-5-4-13(17)12-14(15)18/h4-5,12H,2-3,6-11H2,1H3,(H,19,22). The molecular formula is C16H23BrClN3O2. The fourth-order valence-electron chi connectivity index (χ4n) is 2.42. The van der Waals surface area contributed by atoms with Crippen LogP contribution in [0.5, 0.6) is 5.75 Å². The van der Waals surface area contributed by atoms with E-state index in [9.17, 15) is 4.79 Å². The number of hydrogen-bond acceptors (Lipinski definition) is 3. The van der Waals surface area contributed by atoms with Crippen LogP contribution in [0.2, 0.25) is 5.02 Å². The number of urea groups is 1. The molecule has 1 aromatic carbocycles. The Morgan fingerprint density at radius 3 is 2.74 bits per heavy atom. The van der Waals surface area contributed by atoms with Gasteiger partial charge in [0.25, 0.3) is 0 Å². The van der Waals surface area contributed by atoms with Gasteiger partial charge in [0.05, 0.1) is 11.6 Å². The lowest BCUT2D eigenvalue weighted by Crippen LogP contribution is -2.51. The van der Waals surface area contributed by atoms with Gasteiger partial charge >= 0.3 is 6.03 Å². The van der Waals surface area contributed by atoms with Crippen molar-refractivity contribution in [1.82, 2.24) is 15.1 Å². The van der Waals surface area contributed by atoms with Crippen molar-refractivity contribution in [1.29, 1.82) is 0 Å². The number of benzene rings is 1. The summed E-state index contributed by atoms with van der Waals surface area (Å²) in [7, 11) is 0. The molecular weight excluding hydrogens is 382 g/mol. The van der Waals surface area contributed by atoms with Gasteiger partial charge in [-0.25, -0.2) is 4.79 Å². The zero-order valence-corrected chi connectivity index (χ0v) is 15.7. The molecule has 1 aromatic rings. The van der Waals surface area contributed by atoms with Crippen LogP contribution in [0.25, 0.3) is 0 Å². The number of rotatable bonds is 6. The first kappa shape index (κ1) is 18.4. The molecule has 0 bridgehead atoms. The minimum absolute atomic E-state index is 0.0161. The van der Waals surface area contributed by atoms with Gasteiger partial charge in [-0.15, -0.1) is 0 Å². The first-order valence-electron chi connectivity index (χ1n) is 7.93. The minimum Gasteiger partial charge on any atom is -0.492 e. The van der Waals surface area contributed by atoms with E-state index in [0.29, 0.717) is 23.9 Å². The maximum atomic E-state index is 12.0. The van der Waals surface area contributed by atoms with Crippen LogP contribution in [0, 0.1) is 0 Å². The van der Waals surface area contributed by atoms with Crippen molar-refractivity contribution in [3.63, 3.8) is 0 Å². The van der Waals surface area contributed by atoms with Gasteiger partial charge in [-0.2, -0.15) is 0 Å². The molecule has 0 atom stereocenters. The largest absolute Gasteiger partial charge is 0.492 e. The number of likely N-dealkylation sites (N-methyl/N-ethyl adjacent to an activating group) is 1. The number of nitrogens with zero attached hydrogens (tertiary/aromatic N) is 2. The molecule has 1 N–H and O–H groups in total. The highest BCUT2D eigenvalue weighted by Crippen LogP contribution is 2.27. The van der Waals surface area contributed by atoms with Crippen LogP contribution in [-0.2, 0) is 0 Å². The Kier molecular flexibility index (Phi) is 7.46. The van der Waals surface area contributed by atoms with Crippen LogP contribution in [-0.4, -0.2) is 61.7 Å². The molecule has 0 aromatic heterocycles. The second-order valence-corrected chi connectivity index (χ2v) is 6.75. The number of halogens is 2. The van der Waals surface area contributed by atoms with Gasteiger partial charge in [-0.05, 0) is 31.2 Å². The van der Waals surface area contributed by atoms with E-state index in [4.69, 9.17) is 16.3 Å². The predicted octanol–water partition coefficient (Wildman–Crippen LogP) is 3.22. The molecule has 2 rings (SSSR count). The molecule has 5 nitrogen and oxygen atoms in total. The molecule has 0 unspecified atom stereocenters. The first-order valence-corrected chi connectivity index (χ1v) is 9.10. The first-order chi connectivity index (χ1) is 11.1. The lowest BCUT2D eigenvalue weighted by molar-refractivity contribution is 0.142. The summed E-state index contributed by atoms with van der Waals surface area (Å²) >= 11 is 9.44. The number of ether oxygens (including phenoxy) is 1. The lowest BCUT2D eigenvalue weighted by Gasteiger charge is -2.34. The molecule has 0 aliphatic carbocycles. The van der Waals surface area contributed by atoms with Crippen LogP contribution >= 0.6 is 27.5 Å². The monoisotopic (exact) mass is 403 g/mol. The Morgan fingerprint density at radius 1 is 1.35 bits per heavy atom. The predicted molar refractivity (Wildman–Crippen MR) is 96.3 cm³/mol. The molecule has 7 heteroatoms. The second kappa shape index (κ2) is 9.35. The molecule has 0 spiro atoms. The van der Waals surface area contributed by atoms with Crippen molar-refractivity contribution in [3.8, 4) is 5.75 Å². The molecule has 2 amide bonds. The number of hydrogen-bond donors (Lipinski definition) is 1. The van der Waals surface area contributed by atoms with Gasteiger partial charge in [0.1, 0.15) is 5.75 Å². The van der Waals surface area contributed by atoms with Crippen LogP contribution in [0.4, 0.5) is 4.79 Å². The van der Waals surface area contributed by atoms with E-state index in [2.05, 4.69) is 33.1 Å². The summed E-state index contributed by atoms with van der Waals surface area (Å²) in [6, 6.07) is 5.54. The number of amides is 2. The summed E-state index contributed by atoms with van der Waals surface area (Å²) in [5, 5.41) is 3.52. The van der Waals surface area contributed by atoms with Crippen LogP contribution < -0.4 is 10.1 Å². The van der Waals surface area contributed by atoms with E-state index in [1.807, 2.05) is 17.0 Å².